The van der Waals surface area contributed by atoms with Crippen molar-refractivity contribution in [3.05, 3.63) is 65.1 Å². The van der Waals surface area contributed by atoms with Crippen molar-refractivity contribution in [2.45, 2.75) is 38.9 Å². The van der Waals surface area contributed by atoms with Crippen LogP contribution in [0.2, 0.25) is 0 Å². The van der Waals surface area contributed by atoms with Crippen LogP contribution in [0.15, 0.2) is 52.8 Å². The number of hydrogen-bond donors (Lipinski definition) is 2. The molecule has 1 aliphatic rings. The minimum absolute atomic E-state index is 0. The number of aliphatic imine (C=N–C) groups is 1. The molecule has 1 saturated heterocycles. The minimum Gasteiger partial charge on any atom is -0.363 e. The fourth-order valence-corrected chi connectivity index (χ4v) is 4.35. The molecule has 3 aromatic rings. The first-order chi connectivity index (χ1) is 14.7. The van der Waals surface area contributed by atoms with E-state index < -0.39 is 0 Å². The summed E-state index contributed by atoms with van der Waals surface area (Å²) in [6.07, 6.45) is 2.18. The molecule has 0 aliphatic carbocycles. The predicted octanol–water partition coefficient (Wildman–Crippen LogP) is 3.71. The van der Waals surface area contributed by atoms with Gasteiger partial charge in [0.1, 0.15) is 5.82 Å². The van der Waals surface area contributed by atoms with Gasteiger partial charge in [-0.15, -0.1) is 45.5 Å². The Morgan fingerprint density at radius 3 is 2.55 bits per heavy atom. The van der Waals surface area contributed by atoms with Gasteiger partial charge in [0.05, 0.1) is 18.1 Å². The van der Waals surface area contributed by atoms with Crippen LogP contribution in [0.25, 0.3) is 0 Å². The second kappa shape index (κ2) is 11.5. The first-order valence-electron chi connectivity index (χ1n) is 10.4. The molecular formula is C22H30IN7S. The average molecular weight is 552 g/mol. The van der Waals surface area contributed by atoms with Crippen LogP contribution in [0.4, 0.5) is 5.00 Å². The van der Waals surface area contributed by atoms with Gasteiger partial charge < -0.3 is 20.1 Å². The molecule has 0 unspecified atom stereocenters. The third-order valence-electron chi connectivity index (χ3n) is 5.51. The van der Waals surface area contributed by atoms with Crippen LogP contribution in [0.1, 0.15) is 30.1 Å². The molecule has 0 spiro atoms. The van der Waals surface area contributed by atoms with Gasteiger partial charge in [-0.05, 0) is 42.8 Å². The Hall–Kier alpha value is -2.14. The number of benzene rings is 1. The zero-order valence-corrected chi connectivity index (χ0v) is 21.1. The number of anilines is 1. The van der Waals surface area contributed by atoms with Crippen molar-refractivity contribution >= 4 is 46.3 Å². The van der Waals surface area contributed by atoms with Crippen LogP contribution >= 0.6 is 35.3 Å². The molecule has 1 aliphatic heterocycles. The summed E-state index contributed by atoms with van der Waals surface area (Å²) in [5.74, 6) is 2.63. The molecule has 0 saturated carbocycles. The van der Waals surface area contributed by atoms with Gasteiger partial charge in [-0.1, -0.05) is 30.3 Å². The highest BCUT2D eigenvalue weighted by molar-refractivity contribution is 14.0. The summed E-state index contributed by atoms with van der Waals surface area (Å²) >= 11 is 1.81. The number of nitrogens with one attached hydrogen (secondary N) is 2. The maximum atomic E-state index is 4.83. The topological polar surface area (TPSA) is 70.4 Å². The van der Waals surface area contributed by atoms with Crippen LogP contribution < -0.4 is 15.5 Å². The van der Waals surface area contributed by atoms with E-state index in [0.717, 1.165) is 43.5 Å². The van der Waals surface area contributed by atoms with Crippen molar-refractivity contribution in [3.8, 4) is 0 Å². The number of thiophene rings is 1. The zero-order valence-electron chi connectivity index (χ0n) is 18.0. The summed E-state index contributed by atoms with van der Waals surface area (Å²) in [5, 5.41) is 19.0. The van der Waals surface area contributed by atoms with Crippen LogP contribution in [-0.2, 0) is 20.1 Å². The van der Waals surface area contributed by atoms with Gasteiger partial charge in [0, 0.05) is 26.2 Å². The van der Waals surface area contributed by atoms with E-state index in [2.05, 4.69) is 55.4 Å². The summed E-state index contributed by atoms with van der Waals surface area (Å²) in [5.41, 5.74) is 1.20. The molecule has 0 atom stereocenters. The van der Waals surface area contributed by atoms with E-state index >= 15 is 0 Å². The first kappa shape index (κ1) is 23.5. The molecule has 7 nitrogen and oxygen atoms in total. The monoisotopic (exact) mass is 551 g/mol. The van der Waals surface area contributed by atoms with E-state index in [1.165, 1.54) is 10.6 Å². The Bertz CT molecular complexity index is 948. The Morgan fingerprint density at radius 2 is 1.90 bits per heavy atom. The van der Waals surface area contributed by atoms with E-state index in [1.807, 2.05) is 48.1 Å². The lowest BCUT2D eigenvalue weighted by Crippen LogP contribution is -2.48. The maximum Gasteiger partial charge on any atom is 0.192 e. The number of nitrogens with zero attached hydrogens (tertiary/aromatic N) is 5. The third kappa shape index (κ3) is 6.42. The number of halogens is 1. The van der Waals surface area contributed by atoms with E-state index in [4.69, 9.17) is 4.99 Å². The van der Waals surface area contributed by atoms with Crippen molar-refractivity contribution in [2.24, 2.45) is 12.0 Å². The van der Waals surface area contributed by atoms with E-state index in [9.17, 15) is 0 Å². The molecule has 3 heterocycles. The molecule has 9 heteroatoms. The van der Waals surface area contributed by atoms with Gasteiger partial charge in [0.25, 0.3) is 0 Å². The van der Waals surface area contributed by atoms with Gasteiger partial charge >= 0.3 is 0 Å². The Balaban J connectivity index is 0.00000272. The average Bonchev–Trinajstić information content (AvgIpc) is 3.43. The van der Waals surface area contributed by atoms with Crippen LogP contribution in [0.5, 0.6) is 0 Å². The fraction of sp³-hybridized carbons (Fsp3) is 0.409. The van der Waals surface area contributed by atoms with E-state index in [1.54, 1.807) is 0 Å². The molecule has 166 valence electrons. The Labute approximate surface area is 205 Å². The Morgan fingerprint density at radius 1 is 1.13 bits per heavy atom. The second-order valence-electron chi connectivity index (χ2n) is 7.58. The van der Waals surface area contributed by atoms with Crippen LogP contribution in [-0.4, -0.2) is 39.9 Å². The molecule has 2 aromatic heterocycles. The van der Waals surface area contributed by atoms with Crippen molar-refractivity contribution in [3.63, 3.8) is 0 Å². The van der Waals surface area contributed by atoms with Crippen LogP contribution in [0, 0.1) is 6.92 Å². The zero-order chi connectivity index (χ0) is 20.8. The molecule has 0 amide bonds. The third-order valence-corrected chi connectivity index (χ3v) is 6.44. The summed E-state index contributed by atoms with van der Waals surface area (Å²) < 4.78 is 2.00. The molecule has 31 heavy (non-hydrogen) atoms. The maximum absolute atomic E-state index is 4.83. The smallest absolute Gasteiger partial charge is 0.192 e. The summed E-state index contributed by atoms with van der Waals surface area (Å²) in [4.78, 5) is 7.31. The number of guanidine groups is 1. The highest BCUT2D eigenvalue weighted by Crippen LogP contribution is 2.24. The normalized spacial score (nSPS) is 14.9. The standard InChI is InChI=1S/C22H29N7S.HI/c1-17-26-27-20(28(17)2)16-24-22(23-15-18-7-4-3-5-8-18)25-19-10-12-29(13-11-19)21-9-6-14-30-21;/h3-9,14,19H,10-13,15-16H2,1-2H3,(H2,23,24,25);1H. The highest BCUT2D eigenvalue weighted by Gasteiger charge is 2.21. The van der Waals surface area contributed by atoms with Gasteiger partial charge in [0.2, 0.25) is 0 Å². The molecule has 0 bridgehead atoms. The SMILES string of the molecule is Cc1nnc(CNC(=NCc2ccccc2)NC2CCN(c3cccs3)CC2)n1C.I. The molecule has 1 fully saturated rings. The van der Waals surface area contributed by atoms with Crippen molar-refractivity contribution < 1.29 is 0 Å². The molecule has 2 N–H and O–H groups in total. The van der Waals surface area contributed by atoms with E-state index in [0.29, 0.717) is 19.1 Å². The molecular weight excluding hydrogens is 521 g/mol. The number of aromatic nitrogens is 3. The van der Waals surface area contributed by atoms with Crippen molar-refractivity contribution in [1.29, 1.82) is 0 Å². The number of rotatable bonds is 6. The quantitative estimate of drug-likeness (QED) is 0.278. The Kier molecular flexibility index (Phi) is 8.70. The number of hydrogen-bond acceptors (Lipinski definition) is 5. The van der Waals surface area contributed by atoms with Gasteiger partial charge in [-0.3, -0.25) is 0 Å². The highest BCUT2D eigenvalue weighted by atomic mass is 127. The van der Waals surface area contributed by atoms with E-state index in [-0.39, 0.29) is 24.0 Å². The summed E-state index contributed by atoms with van der Waals surface area (Å²) in [7, 11) is 1.99. The fourth-order valence-electron chi connectivity index (χ4n) is 3.56. The van der Waals surface area contributed by atoms with Gasteiger partial charge in [0.15, 0.2) is 11.8 Å². The lowest BCUT2D eigenvalue weighted by molar-refractivity contribution is 0.462. The number of aryl methyl sites for hydroxylation is 1. The number of piperidine rings is 1. The first-order valence-corrected chi connectivity index (χ1v) is 11.3. The lowest BCUT2D eigenvalue weighted by Gasteiger charge is -2.33. The van der Waals surface area contributed by atoms with Gasteiger partial charge in [-0.2, -0.15) is 0 Å². The van der Waals surface area contributed by atoms with Crippen molar-refractivity contribution in [2.75, 3.05) is 18.0 Å². The second-order valence-corrected chi connectivity index (χ2v) is 8.51. The summed E-state index contributed by atoms with van der Waals surface area (Å²) in [6.45, 7) is 5.31. The molecule has 0 radical (unpaired) electrons. The predicted molar refractivity (Wildman–Crippen MR) is 138 cm³/mol. The summed E-state index contributed by atoms with van der Waals surface area (Å²) in [6, 6.07) is 15.1. The van der Waals surface area contributed by atoms with Crippen LogP contribution in [0.3, 0.4) is 0 Å². The molecule has 4 rings (SSSR count). The lowest BCUT2D eigenvalue weighted by atomic mass is 10.1. The minimum atomic E-state index is 0. The largest absolute Gasteiger partial charge is 0.363 e. The van der Waals surface area contributed by atoms with Crippen molar-refractivity contribution in [1.82, 2.24) is 25.4 Å². The van der Waals surface area contributed by atoms with Gasteiger partial charge in [-0.25, -0.2) is 4.99 Å². The molecule has 1 aromatic carbocycles.